The lowest BCUT2D eigenvalue weighted by molar-refractivity contribution is -0.136. The molecule has 1 aliphatic heterocycles. The van der Waals surface area contributed by atoms with E-state index in [1.54, 1.807) is 11.3 Å². The molecule has 0 unspecified atom stereocenters. The molecule has 28 heavy (non-hydrogen) atoms. The molecule has 2 rings (SSSR count). The maximum absolute atomic E-state index is 12.5. The predicted molar refractivity (Wildman–Crippen MR) is 129 cm³/mol. The maximum atomic E-state index is 12.5. The Kier molecular flexibility index (Phi) is 12.0. The molecule has 1 amide bonds. The van der Waals surface area contributed by atoms with Crippen LogP contribution in [-0.4, -0.2) is 47.4 Å². The number of aromatic nitrogens is 1. The average molecular weight is 522 g/mol. The number of aryl methyl sites for hydroxylation is 1. The molecule has 0 radical (unpaired) electrons. The minimum absolute atomic E-state index is 0. The van der Waals surface area contributed by atoms with E-state index in [-0.39, 0.29) is 29.9 Å². The number of hydrogen-bond donors (Lipinski definition) is 2. The number of rotatable bonds is 8. The molecule has 8 heteroatoms. The van der Waals surface area contributed by atoms with E-state index in [1.807, 2.05) is 4.90 Å². The zero-order valence-corrected chi connectivity index (χ0v) is 20.8. The molecule has 0 aromatic carbocycles. The lowest BCUT2D eigenvalue weighted by Gasteiger charge is -2.34. The van der Waals surface area contributed by atoms with Crippen molar-refractivity contribution in [3.05, 3.63) is 16.1 Å². The lowest BCUT2D eigenvalue weighted by Crippen LogP contribution is -2.50. The van der Waals surface area contributed by atoms with Crippen LogP contribution in [0.4, 0.5) is 0 Å². The van der Waals surface area contributed by atoms with Gasteiger partial charge in [-0.15, -0.1) is 35.3 Å². The Labute approximate surface area is 191 Å². The van der Waals surface area contributed by atoms with Crippen molar-refractivity contribution in [2.45, 2.75) is 72.4 Å². The topological polar surface area (TPSA) is 69.6 Å². The first-order valence-electron chi connectivity index (χ1n) is 10.4. The van der Waals surface area contributed by atoms with E-state index >= 15 is 0 Å². The molecule has 2 heterocycles. The fourth-order valence-electron chi connectivity index (χ4n) is 3.40. The summed E-state index contributed by atoms with van der Waals surface area (Å²) in [6.07, 6.45) is 4.77. The van der Waals surface area contributed by atoms with Crippen molar-refractivity contribution in [3.8, 4) is 0 Å². The number of carbonyl (C=O) groups is 1. The fourth-order valence-corrected chi connectivity index (χ4v) is 4.13. The molecule has 0 bridgehead atoms. The van der Waals surface area contributed by atoms with Gasteiger partial charge in [-0.25, -0.2) is 9.98 Å². The smallest absolute Gasteiger partial charge is 0.225 e. The molecule has 1 aliphatic rings. The Morgan fingerprint density at radius 3 is 2.50 bits per heavy atom. The molecule has 0 spiro atoms. The Bertz CT molecular complexity index is 609. The summed E-state index contributed by atoms with van der Waals surface area (Å²) >= 11 is 1.70. The number of halogens is 1. The number of nitrogens with one attached hydrogen (secondary N) is 2. The van der Waals surface area contributed by atoms with Gasteiger partial charge in [-0.3, -0.25) is 4.79 Å². The van der Waals surface area contributed by atoms with E-state index in [9.17, 15) is 4.79 Å². The average Bonchev–Trinajstić information content (AvgIpc) is 3.16. The number of guanidine groups is 1. The SMILES string of the molecule is CCNC(=NCc1csc(CC)n1)NC1CCN(C(=O)C(CC)CC)CC1.I. The van der Waals surface area contributed by atoms with Crippen LogP contribution in [0.25, 0.3) is 0 Å². The van der Waals surface area contributed by atoms with E-state index in [0.29, 0.717) is 18.5 Å². The van der Waals surface area contributed by atoms with Gasteiger partial charge in [-0.2, -0.15) is 0 Å². The van der Waals surface area contributed by atoms with Crippen LogP contribution in [0.1, 0.15) is 64.1 Å². The highest BCUT2D eigenvalue weighted by atomic mass is 127. The van der Waals surface area contributed by atoms with Gasteiger partial charge in [0, 0.05) is 37.0 Å². The van der Waals surface area contributed by atoms with Crippen molar-refractivity contribution in [1.29, 1.82) is 0 Å². The molecule has 6 nitrogen and oxygen atoms in total. The second-order valence-electron chi connectivity index (χ2n) is 7.04. The normalized spacial score (nSPS) is 15.5. The molecular weight excluding hydrogens is 485 g/mol. The summed E-state index contributed by atoms with van der Waals surface area (Å²) in [5.41, 5.74) is 1.03. The number of nitrogens with zero attached hydrogens (tertiary/aromatic N) is 3. The van der Waals surface area contributed by atoms with Crippen molar-refractivity contribution in [1.82, 2.24) is 20.5 Å². The van der Waals surface area contributed by atoms with Gasteiger partial charge in [0.25, 0.3) is 0 Å². The second-order valence-corrected chi connectivity index (χ2v) is 7.98. The van der Waals surface area contributed by atoms with E-state index in [2.05, 4.69) is 48.7 Å². The standard InChI is InChI=1S/C20H35N5OS.HI/c1-5-15(6-2)19(26)25-11-9-16(10-12-25)24-20(21-8-4)22-13-17-14-27-18(7-3)23-17;/h14-16H,5-13H2,1-4H3,(H2,21,22,24);1H. The van der Waals surface area contributed by atoms with Gasteiger partial charge >= 0.3 is 0 Å². The highest BCUT2D eigenvalue weighted by Crippen LogP contribution is 2.17. The number of carbonyl (C=O) groups excluding carboxylic acids is 1. The van der Waals surface area contributed by atoms with Gasteiger partial charge in [0.05, 0.1) is 17.2 Å². The number of amides is 1. The first kappa shape index (κ1) is 25.1. The van der Waals surface area contributed by atoms with Crippen LogP contribution < -0.4 is 10.6 Å². The van der Waals surface area contributed by atoms with Crippen LogP contribution in [0.3, 0.4) is 0 Å². The van der Waals surface area contributed by atoms with Crippen LogP contribution in [0.15, 0.2) is 10.4 Å². The second kappa shape index (κ2) is 13.3. The quantitative estimate of drug-likeness (QED) is 0.310. The first-order chi connectivity index (χ1) is 13.1. The largest absolute Gasteiger partial charge is 0.357 e. The summed E-state index contributed by atoms with van der Waals surface area (Å²) in [6, 6.07) is 0.357. The minimum Gasteiger partial charge on any atom is -0.357 e. The summed E-state index contributed by atoms with van der Waals surface area (Å²) in [4.78, 5) is 23.9. The van der Waals surface area contributed by atoms with E-state index < -0.39 is 0 Å². The number of thiazole rings is 1. The summed E-state index contributed by atoms with van der Waals surface area (Å²) < 4.78 is 0. The van der Waals surface area contributed by atoms with Gasteiger partial charge in [0.2, 0.25) is 5.91 Å². The van der Waals surface area contributed by atoms with Crippen LogP contribution in [0.2, 0.25) is 0 Å². The van der Waals surface area contributed by atoms with Crippen LogP contribution in [-0.2, 0) is 17.8 Å². The van der Waals surface area contributed by atoms with E-state index in [1.165, 1.54) is 0 Å². The molecular formula is C20H36IN5OS. The lowest BCUT2D eigenvalue weighted by atomic mass is 9.98. The maximum Gasteiger partial charge on any atom is 0.225 e. The van der Waals surface area contributed by atoms with E-state index in [0.717, 1.165) is 68.4 Å². The van der Waals surface area contributed by atoms with Gasteiger partial charge in [-0.1, -0.05) is 20.8 Å². The van der Waals surface area contributed by atoms with Crippen molar-refractivity contribution in [2.75, 3.05) is 19.6 Å². The summed E-state index contributed by atoms with van der Waals surface area (Å²) in [7, 11) is 0. The number of aliphatic imine (C=N–C) groups is 1. The van der Waals surface area contributed by atoms with Crippen LogP contribution in [0.5, 0.6) is 0 Å². The summed E-state index contributed by atoms with van der Waals surface area (Å²) in [6.45, 7) is 11.5. The zero-order chi connectivity index (χ0) is 19.6. The molecule has 1 fully saturated rings. The fraction of sp³-hybridized carbons (Fsp3) is 0.750. The minimum atomic E-state index is 0. The number of piperidine rings is 1. The molecule has 0 aliphatic carbocycles. The highest BCUT2D eigenvalue weighted by Gasteiger charge is 2.26. The highest BCUT2D eigenvalue weighted by molar-refractivity contribution is 14.0. The molecule has 1 aromatic rings. The van der Waals surface area contributed by atoms with Crippen molar-refractivity contribution in [3.63, 3.8) is 0 Å². The van der Waals surface area contributed by atoms with Crippen molar-refractivity contribution in [2.24, 2.45) is 10.9 Å². The van der Waals surface area contributed by atoms with Crippen molar-refractivity contribution >= 4 is 47.2 Å². The Hall–Kier alpha value is -0.900. The number of likely N-dealkylation sites (tertiary alicyclic amines) is 1. The molecule has 1 saturated heterocycles. The molecule has 160 valence electrons. The third-order valence-electron chi connectivity index (χ3n) is 5.13. The summed E-state index contributed by atoms with van der Waals surface area (Å²) in [5.74, 6) is 1.35. The Morgan fingerprint density at radius 1 is 1.29 bits per heavy atom. The molecule has 1 aromatic heterocycles. The van der Waals surface area contributed by atoms with E-state index in [4.69, 9.17) is 4.99 Å². The predicted octanol–water partition coefficient (Wildman–Crippen LogP) is 3.81. The monoisotopic (exact) mass is 521 g/mol. The van der Waals surface area contributed by atoms with Gasteiger partial charge in [0.1, 0.15) is 0 Å². The van der Waals surface area contributed by atoms with Gasteiger partial charge < -0.3 is 15.5 Å². The third-order valence-corrected chi connectivity index (χ3v) is 6.17. The first-order valence-corrected chi connectivity index (χ1v) is 11.3. The Balaban J connectivity index is 0.00000392. The summed E-state index contributed by atoms with van der Waals surface area (Å²) in [5, 5.41) is 10.1. The van der Waals surface area contributed by atoms with Gasteiger partial charge in [0.15, 0.2) is 5.96 Å². The zero-order valence-electron chi connectivity index (χ0n) is 17.7. The van der Waals surface area contributed by atoms with Gasteiger partial charge in [-0.05, 0) is 39.0 Å². The molecule has 2 N–H and O–H groups in total. The van der Waals surface area contributed by atoms with Crippen LogP contribution >= 0.6 is 35.3 Å². The third kappa shape index (κ3) is 7.50. The molecule has 0 atom stereocenters. The Morgan fingerprint density at radius 2 is 1.96 bits per heavy atom. The molecule has 0 saturated carbocycles. The number of hydrogen-bond acceptors (Lipinski definition) is 4. The van der Waals surface area contributed by atoms with Crippen LogP contribution in [0, 0.1) is 5.92 Å². The van der Waals surface area contributed by atoms with Crippen molar-refractivity contribution < 1.29 is 4.79 Å².